The molecule has 0 aromatic carbocycles. The van der Waals surface area contributed by atoms with Crippen molar-refractivity contribution in [3.8, 4) is 0 Å². The van der Waals surface area contributed by atoms with Crippen LogP contribution >= 0.6 is 0 Å². The summed E-state index contributed by atoms with van der Waals surface area (Å²) in [7, 11) is 1.41. The molecular formula is C10H19NO2. The predicted molar refractivity (Wildman–Crippen MR) is 51.2 cm³/mol. The monoisotopic (exact) mass is 185 g/mol. The molecule has 0 aliphatic heterocycles. The molecule has 1 aliphatic carbocycles. The van der Waals surface area contributed by atoms with Gasteiger partial charge in [-0.1, -0.05) is 19.8 Å². The van der Waals surface area contributed by atoms with E-state index in [4.69, 9.17) is 10.5 Å². The van der Waals surface area contributed by atoms with Gasteiger partial charge in [-0.25, -0.2) is 0 Å². The fraction of sp³-hybridized carbons (Fsp3) is 0.900. The van der Waals surface area contributed by atoms with Crippen LogP contribution in [0.2, 0.25) is 0 Å². The third-order valence-corrected chi connectivity index (χ3v) is 2.82. The Bertz CT molecular complexity index is 189. The van der Waals surface area contributed by atoms with Gasteiger partial charge in [0, 0.05) is 0 Å². The predicted octanol–water partition coefficient (Wildman–Crippen LogP) is 1.46. The van der Waals surface area contributed by atoms with Crippen LogP contribution in [-0.2, 0) is 9.53 Å². The molecule has 0 amide bonds. The molecule has 0 saturated heterocycles. The molecule has 0 unspecified atom stereocenters. The van der Waals surface area contributed by atoms with E-state index in [0.717, 1.165) is 32.1 Å². The summed E-state index contributed by atoms with van der Waals surface area (Å²) >= 11 is 0. The topological polar surface area (TPSA) is 52.3 Å². The summed E-state index contributed by atoms with van der Waals surface area (Å²) in [6, 6.07) is 0. The van der Waals surface area contributed by atoms with E-state index in [0.29, 0.717) is 5.92 Å². The van der Waals surface area contributed by atoms with E-state index < -0.39 is 5.54 Å². The second-order valence-electron chi connectivity index (χ2n) is 3.91. The Balaban J connectivity index is 2.56. The van der Waals surface area contributed by atoms with Gasteiger partial charge in [-0.2, -0.15) is 0 Å². The number of esters is 1. The molecule has 1 fully saturated rings. The minimum atomic E-state index is -0.690. The lowest BCUT2D eigenvalue weighted by atomic mass is 9.88. The molecule has 0 bridgehead atoms. The van der Waals surface area contributed by atoms with Crippen LogP contribution in [0.5, 0.6) is 0 Å². The summed E-state index contributed by atoms with van der Waals surface area (Å²) in [5.41, 5.74) is 5.38. The Labute approximate surface area is 79.6 Å². The van der Waals surface area contributed by atoms with Crippen molar-refractivity contribution in [1.82, 2.24) is 0 Å². The van der Waals surface area contributed by atoms with Crippen LogP contribution in [0, 0.1) is 5.92 Å². The second kappa shape index (κ2) is 4.09. The number of nitrogens with two attached hydrogens (primary N) is 1. The molecule has 0 aromatic rings. The number of hydrogen-bond donors (Lipinski definition) is 1. The van der Waals surface area contributed by atoms with Crippen molar-refractivity contribution in [2.24, 2.45) is 11.7 Å². The first kappa shape index (κ1) is 10.5. The van der Waals surface area contributed by atoms with Crippen LogP contribution in [0.4, 0.5) is 0 Å². The minimum absolute atomic E-state index is 0.233. The highest BCUT2D eigenvalue weighted by Gasteiger charge is 2.48. The molecule has 13 heavy (non-hydrogen) atoms. The van der Waals surface area contributed by atoms with Gasteiger partial charge in [0.25, 0.3) is 0 Å². The van der Waals surface area contributed by atoms with E-state index in [2.05, 4.69) is 6.92 Å². The summed E-state index contributed by atoms with van der Waals surface area (Å²) in [5.74, 6) is 0.134. The normalized spacial score (nSPS) is 20.8. The zero-order valence-corrected chi connectivity index (χ0v) is 8.51. The fourth-order valence-electron chi connectivity index (χ4n) is 1.73. The van der Waals surface area contributed by atoms with Gasteiger partial charge in [0.1, 0.15) is 5.54 Å². The second-order valence-corrected chi connectivity index (χ2v) is 3.91. The van der Waals surface area contributed by atoms with Crippen molar-refractivity contribution in [1.29, 1.82) is 0 Å². The molecule has 2 N–H and O–H groups in total. The van der Waals surface area contributed by atoms with Gasteiger partial charge >= 0.3 is 5.97 Å². The molecule has 1 aliphatic rings. The van der Waals surface area contributed by atoms with Crippen molar-refractivity contribution in [3.05, 3.63) is 0 Å². The van der Waals surface area contributed by atoms with Crippen molar-refractivity contribution >= 4 is 5.97 Å². The van der Waals surface area contributed by atoms with Crippen molar-refractivity contribution in [3.63, 3.8) is 0 Å². The third kappa shape index (κ3) is 2.21. The molecule has 0 aromatic heterocycles. The standard InChI is InChI=1S/C10H19NO2/c1-3-4-7-10(11,8-5-6-8)9(12)13-2/h8H,3-7,11H2,1-2H3/t10-/m0/s1. The van der Waals surface area contributed by atoms with Crippen molar-refractivity contribution in [2.75, 3.05) is 7.11 Å². The molecule has 1 atom stereocenters. The van der Waals surface area contributed by atoms with Gasteiger partial charge < -0.3 is 10.5 Å². The van der Waals surface area contributed by atoms with E-state index in [1.54, 1.807) is 0 Å². The Kier molecular flexibility index (Phi) is 3.31. The lowest BCUT2D eigenvalue weighted by Crippen LogP contribution is -2.50. The van der Waals surface area contributed by atoms with Crippen molar-refractivity contribution < 1.29 is 9.53 Å². The SMILES string of the molecule is CCCC[C@@](N)(C(=O)OC)C1CC1. The average Bonchev–Trinajstić information content (AvgIpc) is 2.96. The van der Waals surface area contributed by atoms with E-state index in [-0.39, 0.29) is 5.97 Å². The van der Waals surface area contributed by atoms with E-state index in [1.165, 1.54) is 7.11 Å². The zero-order chi connectivity index (χ0) is 9.90. The highest BCUT2D eigenvalue weighted by molar-refractivity contribution is 5.81. The van der Waals surface area contributed by atoms with Gasteiger partial charge in [-0.15, -0.1) is 0 Å². The Hall–Kier alpha value is -0.570. The molecular weight excluding hydrogens is 166 g/mol. The number of ether oxygens (including phenoxy) is 1. The fourth-order valence-corrected chi connectivity index (χ4v) is 1.73. The Morgan fingerprint density at radius 3 is 2.62 bits per heavy atom. The summed E-state index contributed by atoms with van der Waals surface area (Å²) in [6.45, 7) is 2.10. The van der Waals surface area contributed by atoms with Gasteiger partial charge in [0.2, 0.25) is 0 Å². The molecule has 0 heterocycles. The number of methoxy groups -OCH3 is 1. The van der Waals surface area contributed by atoms with Gasteiger partial charge in [-0.05, 0) is 25.2 Å². The Morgan fingerprint density at radius 1 is 1.62 bits per heavy atom. The lowest BCUT2D eigenvalue weighted by Gasteiger charge is -2.26. The highest BCUT2D eigenvalue weighted by atomic mass is 16.5. The quantitative estimate of drug-likeness (QED) is 0.660. The first-order valence-corrected chi connectivity index (χ1v) is 5.02. The summed E-state index contributed by atoms with van der Waals surface area (Å²) < 4.78 is 4.75. The molecule has 3 nitrogen and oxygen atoms in total. The zero-order valence-electron chi connectivity index (χ0n) is 8.51. The smallest absolute Gasteiger partial charge is 0.326 e. The van der Waals surface area contributed by atoms with Crippen LogP contribution in [-0.4, -0.2) is 18.6 Å². The van der Waals surface area contributed by atoms with Crippen LogP contribution < -0.4 is 5.73 Å². The maximum absolute atomic E-state index is 11.5. The minimum Gasteiger partial charge on any atom is -0.468 e. The van der Waals surface area contributed by atoms with E-state index in [1.807, 2.05) is 0 Å². The van der Waals surface area contributed by atoms with Crippen molar-refractivity contribution in [2.45, 2.75) is 44.6 Å². The molecule has 76 valence electrons. The first-order chi connectivity index (χ1) is 6.15. The molecule has 0 radical (unpaired) electrons. The van der Waals surface area contributed by atoms with Crippen LogP contribution in [0.15, 0.2) is 0 Å². The summed E-state index contributed by atoms with van der Waals surface area (Å²) in [4.78, 5) is 11.5. The van der Waals surface area contributed by atoms with Gasteiger partial charge in [0.05, 0.1) is 7.11 Å². The maximum atomic E-state index is 11.5. The molecule has 3 heteroatoms. The molecule has 0 spiro atoms. The van der Waals surface area contributed by atoms with E-state index in [9.17, 15) is 4.79 Å². The lowest BCUT2D eigenvalue weighted by molar-refractivity contribution is -0.148. The van der Waals surface area contributed by atoms with E-state index >= 15 is 0 Å². The Morgan fingerprint density at radius 2 is 2.23 bits per heavy atom. The average molecular weight is 185 g/mol. The maximum Gasteiger partial charge on any atom is 0.326 e. The molecule has 1 rings (SSSR count). The van der Waals surface area contributed by atoms with Crippen LogP contribution in [0.3, 0.4) is 0 Å². The van der Waals surface area contributed by atoms with Crippen LogP contribution in [0.25, 0.3) is 0 Å². The first-order valence-electron chi connectivity index (χ1n) is 5.02. The third-order valence-electron chi connectivity index (χ3n) is 2.82. The highest BCUT2D eigenvalue weighted by Crippen LogP contribution is 2.41. The number of rotatable bonds is 5. The number of unbranched alkanes of at least 4 members (excludes halogenated alkanes) is 1. The largest absolute Gasteiger partial charge is 0.468 e. The van der Waals surface area contributed by atoms with Gasteiger partial charge in [-0.3, -0.25) is 4.79 Å². The summed E-state index contributed by atoms with van der Waals surface area (Å²) in [6.07, 6.45) is 5.00. The summed E-state index contributed by atoms with van der Waals surface area (Å²) in [5, 5.41) is 0. The number of carbonyl (C=O) groups excluding carboxylic acids is 1. The van der Waals surface area contributed by atoms with Crippen LogP contribution in [0.1, 0.15) is 39.0 Å². The molecule has 1 saturated carbocycles. The number of carbonyl (C=O) groups is 1. The number of hydrogen-bond acceptors (Lipinski definition) is 3. The van der Waals surface area contributed by atoms with Gasteiger partial charge in [0.15, 0.2) is 0 Å².